The van der Waals surface area contributed by atoms with Gasteiger partial charge in [0.25, 0.3) is 5.56 Å². The van der Waals surface area contributed by atoms with Gasteiger partial charge in [-0.05, 0) is 47.4 Å². The molecule has 1 aromatic heterocycles. The Morgan fingerprint density at radius 2 is 2.24 bits per heavy atom. The molecule has 1 fully saturated rings. The van der Waals surface area contributed by atoms with Crippen LogP contribution in [0, 0.1) is 8.99 Å². The summed E-state index contributed by atoms with van der Waals surface area (Å²) >= 11 is 2.01. The molecule has 1 saturated carbocycles. The number of nitrogens with one attached hydrogen (secondary N) is 2. The minimum absolute atomic E-state index is 0.101. The van der Waals surface area contributed by atoms with Gasteiger partial charge in [0.2, 0.25) is 0 Å². The molecule has 0 aliphatic heterocycles. The van der Waals surface area contributed by atoms with Gasteiger partial charge in [-0.1, -0.05) is 12.8 Å². The van der Waals surface area contributed by atoms with E-state index in [0.717, 1.165) is 19.4 Å². The van der Waals surface area contributed by atoms with Gasteiger partial charge in [-0.15, -0.1) is 0 Å². The lowest BCUT2D eigenvalue weighted by atomic mass is 9.86. The summed E-state index contributed by atoms with van der Waals surface area (Å²) in [6, 6.07) is 0. The zero-order chi connectivity index (χ0) is 12.3. The van der Waals surface area contributed by atoms with Crippen molar-refractivity contribution in [3.05, 3.63) is 20.3 Å². The highest BCUT2D eigenvalue weighted by atomic mass is 127. The Hall–Kier alpha value is -0.630. The van der Waals surface area contributed by atoms with Gasteiger partial charge >= 0.3 is 0 Å². The first-order valence-corrected chi connectivity index (χ1v) is 6.92. The van der Waals surface area contributed by atoms with Crippen molar-refractivity contribution in [2.45, 2.75) is 25.7 Å². The van der Waals surface area contributed by atoms with Crippen LogP contribution < -0.4 is 16.6 Å². The molecule has 1 heterocycles. The van der Waals surface area contributed by atoms with E-state index >= 15 is 0 Å². The van der Waals surface area contributed by atoms with E-state index in [1.54, 1.807) is 0 Å². The molecule has 0 amide bonds. The lowest BCUT2D eigenvalue weighted by molar-refractivity contribution is 0.331. The van der Waals surface area contributed by atoms with Crippen molar-refractivity contribution in [2.24, 2.45) is 11.1 Å². The molecular formula is C11H17IN4O. The van der Waals surface area contributed by atoms with Crippen LogP contribution in [-0.4, -0.2) is 23.1 Å². The van der Waals surface area contributed by atoms with Gasteiger partial charge in [-0.3, -0.25) is 4.79 Å². The molecule has 0 aromatic carbocycles. The van der Waals surface area contributed by atoms with Crippen LogP contribution >= 0.6 is 22.6 Å². The molecule has 0 saturated heterocycles. The van der Waals surface area contributed by atoms with Gasteiger partial charge in [0.1, 0.15) is 9.39 Å². The first kappa shape index (κ1) is 12.8. The standard InChI is InChI=1S/C11H17IN4O/c12-8-9(15-7-16-10(8)17)14-6-11(5-13)3-1-2-4-11/h7H,1-6,13H2,(H2,14,15,16,17). The third kappa shape index (κ3) is 2.79. The Morgan fingerprint density at radius 3 is 2.88 bits per heavy atom. The summed E-state index contributed by atoms with van der Waals surface area (Å²) in [6.07, 6.45) is 6.25. The number of nitrogens with two attached hydrogens (primary N) is 1. The second kappa shape index (κ2) is 5.34. The first-order valence-electron chi connectivity index (χ1n) is 5.84. The summed E-state index contributed by atoms with van der Waals surface area (Å²) in [6.45, 7) is 1.50. The Bertz CT molecular complexity index is 439. The first-order chi connectivity index (χ1) is 8.17. The number of aromatic nitrogens is 2. The maximum absolute atomic E-state index is 11.4. The van der Waals surface area contributed by atoms with E-state index in [1.807, 2.05) is 22.6 Å². The van der Waals surface area contributed by atoms with E-state index in [4.69, 9.17) is 5.73 Å². The monoisotopic (exact) mass is 348 g/mol. The zero-order valence-electron chi connectivity index (χ0n) is 9.63. The van der Waals surface area contributed by atoms with Crippen LogP contribution in [0.15, 0.2) is 11.1 Å². The van der Waals surface area contributed by atoms with Gasteiger partial charge in [-0.2, -0.15) is 0 Å². The summed E-state index contributed by atoms with van der Waals surface area (Å²) < 4.78 is 0.607. The molecule has 1 aromatic rings. The van der Waals surface area contributed by atoms with Crippen molar-refractivity contribution < 1.29 is 0 Å². The summed E-state index contributed by atoms with van der Waals surface area (Å²) in [5.41, 5.74) is 5.96. The van der Waals surface area contributed by atoms with Crippen LogP contribution in [0.2, 0.25) is 0 Å². The van der Waals surface area contributed by atoms with Crippen molar-refractivity contribution in [1.29, 1.82) is 0 Å². The number of hydrogen-bond acceptors (Lipinski definition) is 4. The van der Waals surface area contributed by atoms with Crippen molar-refractivity contribution in [1.82, 2.24) is 9.97 Å². The van der Waals surface area contributed by atoms with E-state index in [2.05, 4.69) is 15.3 Å². The fourth-order valence-corrected chi connectivity index (χ4v) is 2.84. The lowest BCUT2D eigenvalue weighted by Gasteiger charge is -2.27. The molecule has 94 valence electrons. The molecule has 0 bridgehead atoms. The molecule has 17 heavy (non-hydrogen) atoms. The van der Waals surface area contributed by atoms with Crippen LogP contribution in [0.4, 0.5) is 5.82 Å². The molecule has 0 unspecified atom stereocenters. The van der Waals surface area contributed by atoms with E-state index < -0.39 is 0 Å². The third-order valence-electron chi connectivity index (χ3n) is 3.52. The third-order valence-corrected chi connectivity index (χ3v) is 4.53. The Morgan fingerprint density at radius 1 is 1.53 bits per heavy atom. The average molecular weight is 348 g/mol. The molecule has 0 atom stereocenters. The highest BCUT2D eigenvalue weighted by Gasteiger charge is 2.32. The number of anilines is 1. The summed E-state index contributed by atoms with van der Waals surface area (Å²) in [4.78, 5) is 18.1. The van der Waals surface area contributed by atoms with Crippen LogP contribution in [0.5, 0.6) is 0 Å². The number of aromatic amines is 1. The zero-order valence-corrected chi connectivity index (χ0v) is 11.8. The van der Waals surface area contributed by atoms with Crippen molar-refractivity contribution in [3.63, 3.8) is 0 Å². The maximum Gasteiger partial charge on any atom is 0.266 e. The predicted molar refractivity (Wildman–Crippen MR) is 76.0 cm³/mol. The quantitative estimate of drug-likeness (QED) is 0.717. The number of halogens is 1. The van der Waals surface area contributed by atoms with Crippen molar-refractivity contribution in [3.8, 4) is 0 Å². The molecule has 6 heteroatoms. The van der Waals surface area contributed by atoms with E-state index in [9.17, 15) is 4.79 Å². The highest BCUT2D eigenvalue weighted by molar-refractivity contribution is 14.1. The molecule has 5 nitrogen and oxygen atoms in total. The molecule has 1 aliphatic rings. The van der Waals surface area contributed by atoms with Gasteiger partial charge in [-0.25, -0.2) is 4.98 Å². The van der Waals surface area contributed by atoms with E-state index in [-0.39, 0.29) is 11.0 Å². The summed E-state index contributed by atoms with van der Waals surface area (Å²) in [5, 5.41) is 3.27. The number of H-pyrrole nitrogens is 1. The van der Waals surface area contributed by atoms with Crippen LogP contribution in [-0.2, 0) is 0 Å². The summed E-state index contributed by atoms with van der Waals surface area (Å²) in [5.74, 6) is 0.661. The van der Waals surface area contributed by atoms with Gasteiger partial charge in [0.05, 0.1) is 6.33 Å². The fourth-order valence-electron chi connectivity index (χ4n) is 2.36. The predicted octanol–water partition coefficient (Wildman–Crippen LogP) is 1.31. The average Bonchev–Trinajstić information content (AvgIpc) is 2.81. The second-order valence-corrected chi connectivity index (χ2v) is 5.74. The van der Waals surface area contributed by atoms with E-state index in [1.165, 1.54) is 19.2 Å². The lowest BCUT2D eigenvalue weighted by Crippen LogP contribution is -2.35. The number of nitrogens with zero attached hydrogens (tertiary/aromatic N) is 1. The Balaban J connectivity index is 2.06. The molecule has 1 aliphatic carbocycles. The highest BCUT2D eigenvalue weighted by Crippen LogP contribution is 2.37. The summed E-state index contributed by atoms with van der Waals surface area (Å²) in [7, 11) is 0. The van der Waals surface area contributed by atoms with Gasteiger partial charge in [0, 0.05) is 6.54 Å². The largest absolute Gasteiger partial charge is 0.368 e. The molecular weight excluding hydrogens is 331 g/mol. The van der Waals surface area contributed by atoms with Gasteiger partial charge in [0.15, 0.2) is 0 Å². The van der Waals surface area contributed by atoms with Crippen LogP contribution in [0.1, 0.15) is 25.7 Å². The smallest absolute Gasteiger partial charge is 0.266 e. The molecule has 4 N–H and O–H groups in total. The molecule has 2 rings (SSSR count). The Labute approximate surface area is 114 Å². The Kier molecular flexibility index (Phi) is 4.03. The normalized spacial score (nSPS) is 18.2. The minimum atomic E-state index is -0.101. The van der Waals surface area contributed by atoms with Gasteiger partial charge < -0.3 is 16.0 Å². The van der Waals surface area contributed by atoms with E-state index in [0.29, 0.717) is 15.9 Å². The maximum atomic E-state index is 11.4. The number of rotatable bonds is 4. The van der Waals surface area contributed by atoms with Crippen molar-refractivity contribution >= 4 is 28.4 Å². The minimum Gasteiger partial charge on any atom is -0.368 e. The topological polar surface area (TPSA) is 83.8 Å². The second-order valence-electron chi connectivity index (χ2n) is 4.66. The SMILES string of the molecule is NCC1(CNc2nc[nH]c(=O)c2I)CCCC1. The van der Waals surface area contributed by atoms with Crippen LogP contribution in [0.25, 0.3) is 0 Å². The molecule has 0 spiro atoms. The molecule has 0 radical (unpaired) electrons. The fraction of sp³-hybridized carbons (Fsp3) is 0.636. The number of hydrogen-bond donors (Lipinski definition) is 3. The van der Waals surface area contributed by atoms with Crippen molar-refractivity contribution in [2.75, 3.05) is 18.4 Å². The van der Waals surface area contributed by atoms with Crippen LogP contribution in [0.3, 0.4) is 0 Å².